The zero-order chi connectivity index (χ0) is 28.4. The summed E-state index contributed by atoms with van der Waals surface area (Å²) in [5, 5.41) is 17.6. The molecular formula is C29H33FN4O4S. The Morgan fingerprint density at radius 2 is 1.72 bits per heavy atom. The minimum atomic E-state index is -3.29. The molecule has 4 rings (SSSR count). The molecule has 8 nitrogen and oxygen atoms in total. The Labute approximate surface area is 229 Å². The second-order valence-corrected chi connectivity index (χ2v) is 11.4. The molecule has 39 heavy (non-hydrogen) atoms. The van der Waals surface area contributed by atoms with Gasteiger partial charge in [-0.25, -0.2) is 12.8 Å². The number of carbonyl (C=O) groups is 1. The van der Waals surface area contributed by atoms with E-state index in [4.69, 9.17) is 16.1 Å². The number of benzene rings is 3. The molecule has 0 atom stereocenters. The number of aliphatic carboxylic acids is 1. The number of halogens is 1. The predicted octanol–water partition coefficient (Wildman–Crippen LogP) is 4.18. The van der Waals surface area contributed by atoms with Crippen molar-refractivity contribution >= 4 is 27.2 Å². The highest BCUT2D eigenvalue weighted by atomic mass is 32.2. The highest BCUT2D eigenvalue weighted by Crippen LogP contribution is 2.27. The Kier molecular flexibility index (Phi) is 10.6. The van der Waals surface area contributed by atoms with Gasteiger partial charge in [0.2, 0.25) is 0 Å². The second kappa shape index (κ2) is 13.8. The van der Waals surface area contributed by atoms with E-state index < -0.39 is 15.8 Å². The summed E-state index contributed by atoms with van der Waals surface area (Å²) in [4.78, 5) is 15.5. The van der Waals surface area contributed by atoms with Crippen molar-refractivity contribution in [3.05, 3.63) is 89.7 Å². The summed E-state index contributed by atoms with van der Waals surface area (Å²) in [6, 6.07) is 22.1. The van der Waals surface area contributed by atoms with Gasteiger partial charge in [0.1, 0.15) is 5.82 Å². The van der Waals surface area contributed by atoms with Crippen LogP contribution in [0.2, 0.25) is 0 Å². The number of sulfone groups is 1. The molecular weight excluding hydrogens is 519 g/mol. The quantitative estimate of drug-likeness (QED) is 0.426. The van der Waals surface area contributed by atoms with Crippen molar-refractivity contribution in [2.45, 2.75) is 24.3 Å². The lowest BCUT2D eigenvalue weighted by molar-refractivity contribution is -0.143. The van der Waals surface area contributed by atoms with Crippen molar-refractivity contribution in [3.8, 4) is 6.07 Å². The van der Waals surface area contributed by atoms with Crippen LogP contribution < -0.4 is 10.6 Å². The molecule has 0 spiro atoms. The summed E-state index contributed by atoms with van der Waals surface area (Å²) in [6.45, 7) is 3.21. The van der Waals surface area contributed by atoms with Crippen LogP contribution in [0, 0.1) is 23.1 Å². The average molecular weight is 553 g/mol. The summed E-state index contributed by atoms with van der Waals surface area (Å²) in [5.41, 5.74) is 8.54. The van der Waals surface area contributed by atoms with Crippen LogP contribution in [0.5, 0.6) is 0 Å². The van der Waals surface area contributed by atoms with Gasteiger partial charge < -0.3 is 20.6 Å². The highest BCUT2D eigenvalue weighted by Gasteiger charge is 2.24. The molecule has 3 aromatic carbocycles. The number of nitrogens with zero attached hydrogens (tertiary/aromatic N) is 3. The number of carboxylic acid groups (broad SMARTS) is 1. The molecule has 0 aliphatic carbocycles. The van der Waals surface area contributed by atoms with Crippen LogP contribution in [0.15, 0.2) is 77.7 Å². The predicted molar refractivity (Wildman–Crippen MR) is 149 cm³/mol. The first kappa shape index (κ1) is 29.8. The number of anilines is 2. The Bertz CT molecular complexity index is 1380. The van der Waals surface area contributed by atoms with Crippen LogP contribution in [-0.2, 0) is 21.2 Å². The van der Waals surface area contributed by atoms with Crippen LogP contribution in [-0.4, -0.2) is 56.8 Å². The van der Waals surface area contributed by atoms with Gasteiger partial charge in [0.05, 0.1) is 22.4 Å². The third-order valence-electron chi connectivity index (χ3n) is 6.59. The number of nitriles is 1. The maximum atomic E-state index is 13.8. The number of likely N-dealkylation sites (tertiary alicyclic amines) is 1. The maximum absolute atomic E-state index is 13.8. The Balaban J connectivity index is 0.000000353. The lowest BCUT2D eigenvalue weighted by Gasteiger charge is -2.33. The first-order chi connectivity index (χ1) is 18.6. The lowest BCUT2D eigenvalue weighted by atomic mass is 9.97. The number of carboxylic acids is 1. The first-order valence-electron chi connectivity index (χ1n) is 12.6. The number of hydrogen-bond acceptors (Lipinski definition) is 7. The number of nitrogens with two attached hydrogens (primary N) is 1. The Hall–Kier alpha value is -3.78. The minimum Gasteiger partial charge on any atom is -0.481 e. The van der Waals surface area contributed by atoms with Crippen molar-refractivity contribution in [3.63, 3.8) is 0 Å². The third kappa shape index (κ3) is 8.89. The van der Waals surface area contributed by atoms with E-state index in [0.29, 0.717) is 56.8 Å². The van der Waals surface area contributed by atoms with Crippen molar-refractivity contribution < 1.29 is 22.7 Å². The third-order valence-corrected chi connectivity index (χ3v) is 7.72. The molecule has 1 aliphatic rings. The van der Waals surface area contributed by atoms with Crippen LogP contribution in [0.25, 0.3) is 0 Å². The van der Waals surface area contributed by atoms with E-state index in [9.17, 15) is 17.6 Å². The molecule has 3 aromatic rings. The standard InChI is InChI=1S/C21H25FN2O4S.C8H8N2/c1-29(27,28)20-7-5-18(6-8-20)24(19-4-2-3-17(22)15-19)14-13-23-11-9-16(10-12-23)21(25)26;9-5-7-1-2-8(6-10)4-3-7/h2-8,15-16H,9-14H2,1H3,(H,25,26);1-4H,5,9H2. The minimum absolute atomic E-state index is 0.233. The molecule has 1 aliphatic heterocycles. The monoisotopic (exact) mass is 552 g/mol. The molecule has 0 radical (unpaired) electrons. The van der Waals surface area contributed by atoms with Crippen LogP contribution in [0.3, 0.4) is 0 Å². The van der Waals surface area contributed by atoms with Gasteiger partial charge >= 0.3 is 5.97 Å². The van der Waals surface area contributed by atoms with Crippen molar-refractivity contribution in [1.82, 2.24) is 4.90 Å². The summed E-state index contributed by atoms with van der Waals surface area (Å²) in [6.07, 6.45) is 2.41. The van der Waals surface area contributed by atoms with E-state index in [1.54, 1.807) is 42.5 Å². The molecule has 1 saturated heterocycles. The van der Waals surface area contributed by atoms with Crippen LogP contribution >= 0.6 is 0 Å². The van der Waals surface area contributed by atoms with Gasteiger partial charge in [-0.2, -0.15) is 5.26 Å². The molecule has 10 heteroatoms. The number of rotatable bonds is 8. The van der Waals surface area contributed by atoms with E-state index in [2.05, 4.69) is 4.90 Å². The van der Waals surface area contributed by atoms with Gasteiger partial charge in [0.15, 0.2) is 9.84 Å². The summed E-state index contributed by atoms with van der Waals surface area (Å²) >= 11 is 0. The van der Waals surface area contributed by atoms with Gasteiger partial charge in [-0.1, -0.05) is 18.2 Å². The molecule has 1 heterocycles. The zero-order valence-electron chi connectivity index (χ0n) is 21.8. The fourth-order valence-corrected chi connectivity index (χ4v) is 4.92. The largest absolute Gasteiger partial charge is 0.481 e. The highest BCUT2D eigenvalue weighted by molar-refractivity contribution is 7.90. The van der Waals surface area contributed by atoms with Crippen molar-refractivity contribution in [2.24, 2.45) is 11.7 Å². The molecule has 0 unspecified atom stereocenters. The molecule has 0 bridgehead atoms. The van der Waals surface area contributed by atoms with Gasteiger partial charge in [-0.15, -0.1) is 0 Å². The smallest absolute Gasteiger partial charge is 0.306 e. The maximum Gasteiger partial charge on any atom is 0.306 e. The number of piperidine rings is 1. The number of hydrogen-bond donors (Lipinski definition) is 2. The molecule has 206 valence electrons. The van der Waals surface area contributed by atoms with Gasteiger partial charge in [-0.05, 0) is 86.1 Å². The van der Waals surface area contributed by atoms with Crippen LogP contribution in [0.4, 0.5) is 15.8 Å². The van der Waals surface area contributed by atoms with Crippen molar-refractivity contribution in [2.75, 3.05) is 37.3 Å². The molecule has 0 saturated carbocycles. The SMILES string of the molecule is CS(=O)(=O)c1ccc(N(CCN2CCC(C(=O)O)CC2)c2cccc(F)c2)cc1.N#Cc1ccc(CN)cc1. The van der Waals surface area contributed by atoms with Gasteiger partial charge in [0.25, 0.3) is 0 Å². The summed E-state index contributed by atoms with van der Waals surface area (Å²) in [7, 11) is -3.29. The Morgan fingerprint density at radius 3 is 2.23 bits per heavy atom. The summed E-state index contributed by atoms with van der Waals surface area (Å²) < 4.78 is 37.3. The van der Waals surface area contributed by atoms with E-state index in [1.807, 2.05) is 29.2 Å². The molecule has 3 N–H and O–H groups in total. The van der Waals surface area contributed by atoms with E-state index in [1.165, 1.54) is 12.1 Å². The Morgan fingerprint density at radius 1 is 1.08 bits per heavy atom. The lowest BCUT2D eigenvalue weighted by Crippen LogP contribution is -2.40. The topological polar surface area (TPSA) is 128 Å². The first-order valence-corrected chi connectivity index (χ1v) is 14.5. The second-order valence-electron chi connectivity index (χ2n) is 9.36. The fourth-order valence-electron chi connectivity index (χ4n) is 4.28. The van der Waals surface area contributed by atoms with Gasteiger partial charge in [0, 0.05) is 37.3 Å². The van der Waals surface area contributed by atoms with Crippen LogP contribution in [0.1, 0.15) is 24.0 Å². The molecule has 1 fully saturated rings. The molecule has 0 amide bonds. The summed E-state index contributed by atoms with van der Waals surface area (Å²) in [5.74, 6) is -1.37. The van der Waals surface area contributed by atoms with Gasteiger partial charge in [-0.3, -0.25) is 4.79 Å². The average Bonchev–Trinajstić information content (AvgIpc) is 2.93. The van der Waals surface area contributed by atoms with Crippen molar-refractivity contribution in [1.29, 1.82) is 5.26 Å². The van der Waals surface area contributed by atoms with E-state index in [0.717, 1.165) is 17.5 Å². The zero-order valence-corrected chi connectivity index (χ0v) is 22.6. The normalized spacial score (nSPS) is 14.1. The van der Waals surface area contributed by atoms with E-state index in [-0.39, 0.29) is 16.6 Å². The molecule has 0 aromatic heterocycles. The fraction of sp³-hybridized carbons (Fsp3) is 0.310. The van der Waals surface area contributed by atoms with E-state index >= 15 is 0 Å².